The highest BCUT2D eigenvalue weighted by atomic mass is 32.1. The molecule has 0 saturated heterocycles. The molecule has 3 nitrogen and oxygen atoms in total. The van der Waals surface area contributed by atoms with Crippen LogP contribution in [0.2, 0.25) is 0 Å². The fourth-order valence-electron chi connectivity index (χ4n) is 2.49. The van der Waals surface area contributed by atoms with E-state index in [0.717, 1.165) is 22.0 Å². The minimum Gasteiger partial charge on any atom is -0.304 e. The Morgan fingerprint density at radius 1 is 1.08 bits per heavy atom. The van der Waals surface area contributed by atoms with Crippen molar-refractivity contribution in [1.82, 2.24) is 4.98 Å². The molecule has 1 amide bonds. The van der Waals surface area contributed by atoms with E-state index >= 15 is 0 Å². The molecule has 0 unspecified atom stereocenters. The van der Waals surface area contributed by atoms with Crippen molar-refractivity contribution in [2.75, 3.05) is 4.90 Å². The van der Waals surface area contributed by atoms with Crippen molar-refractivity contribution in [1.29, 1.82) is 0 Å². The van der Waals surface area contributed by atoms with Crippen LogP contribution in [0.15, 0.2) is 66.1 Å². The largest absolute Gasteiger partial charge is 0.304 e. The number of rotatable bonds is 5. The summed E-state index contributed by atoms with van der Waals surface area (Å²) in [4.78, 5) is 19.0. The molecule has 3 rings (SSSR count). The van der Waals surface area contributed by atoms with E-state index in [1.54, 1.807) is 28.4 Å². The van der Waals surface area contributed by atoms with Crippen molar-refractivity contribution in [2.24, 2.45) is 0 Å². The Hall–Kier alpha value is -2.72. The predicted octanol–water partition coefficient (Wildman–Crippen LogP) is 5.01. The molecule has 0 N–H and O–H groups in total. The number of thiazole rings is 1. The van der Waals surface area contributed by atoms with Gasteiger partial charge in [-0.1, -0.05) is 48.0 Å². The summed E-state index contributed by atoms with van der Waals surface area (Å²) in [5, 5.41) is 2.94. The Morgan fingerprint density at radius 2 is 1.80 bits per heavy atom. The molecule has 25 heavy (non-hydrogen) atoms. The Labute approximate surface area is 152 Å². The maximum atomic E-state index is 12.8. The first-order valence-electron chi connectivity index (χ1n) is 8.14. The van der Waals surface area contributed by atoms with Crippen molar-refractivity contribution in [3.63, 3.8) is 0 Å². The number of carbonyl (C=O) groups excluding carboxylic acids is 1. The number of amides is 1. The minimum absolute atomic E-state index is 0.0571. The molecule has 126 valence electrons. The number of aryl methyl sites for hydroxylation is 2. The molecule has 1 aromatic heterocycles. The van der Waals surface area contributed by atoms with Gasteiger partial charge in [-0.25, -0.2) is 4.98 Å². The van der Waals surface area contributed by atoms with Crippen LogP contribution in [0, 0.1) is 13.8 Å². The molecular weight excluding hydrogens is 328 g/mol. The molecule has 0 bridgehead atoms. The van der Waals surface area contributed by atoms with Gasteiger partial charge in [-0.05, 0) is 37.6 Å². The van der Waals surface area contributed by atoms with Crippen molar-refractivity contribution in [3.8, 4) is 0 Å². The summed E-state index contributed by atoms with van der Waals surface area (Å²) < 4.78 is 0. The molecule has 0 aliphatic carbocycles. The summed E-state index contributed by atoms with van der Waals surface area (Å²) in [6, 6.07) is 18.0. The SMILES string of the molecule is Cc1ccc(N(Cc2ccccc2)C(=O)/C=C/c2csc(C)n2)cc1. The van der Waals surface area contributed by atoms with Gasteiger partial charge in [0, 0.05) is 17.1 Å². The number of carbonyl (C=O) groups is 1. The molecular formula is C21H20N2OS. The molecule has 0 saturated carbocycles. The highest BCUT2D eigenvalue weighted by Gasteiger charge is 2.14. The fourth-order valence-corrected chi connectivity index (χ4v) is 3.07. The number of hydrogen-bond donors (Lipinski definition) is 0. The van der Waals surface area contributed by atoms with Crippen molar-refractivity contribution >= 4 is 29.0 Å². The van der Waals surface area contributed by atoms with Gasteiger partial charge in [-0.2, -0.15) is 0 Å². The van der Waals surface area contributed by atoms with E-state index in [4.69, 9.17) is 0 Å². The zero-order valence-electron chi connectivity index (χ0n) is 14.3. The Balaban J connectivity index is 1.85. The Kier molecular flexibility index (Phi) is 5.41. The topological polar surface area (TPSA) is 33.2 Å². The summed E-state index contributed by atoms with van der Waals surface area (Å²) in [6.45, 7) is 4.53. The van der Waals surface area contributed by atoms with E-state index in [1.165, 1.54) is 5.56 Å². The number of nitrogens with zero attached hydrogens (tertiary/aromatic N) is 2. The van der Waals surface area contributed by atoms with Gasteiger partial charge >= 0.3 is 0 Å². The van der Waals surface area contributed by atoms with E-state index in [2.05, 4.69) is 4.98 Å². The summed E-state index contributed by atoms with van der Waals surface area (Å²) in [6.07, 6.45) is 3.37. The van der Waals surface area contributed by atoms with Gasteiger partial charge in [0.1, 0.15) is 0 Å². The number of anilines is 1. The molecule has 0 aliphatic heterocycles. The Morgan fingerprint density at radius 3 is 2.44 bits per heavy atom. The highest BCUT2D eigenvalue weighted by molar-refractivity contribution is 7.09. The average Bonchev–Trinajstić information content (AvgIpc) is 3.05. The molecule has 1 heterocycles. The van der Waals surface area contributed by atoms with Crippen LogP contribution in [0.25, 0.3) is 6.08 Å². The van der Waals surface area contributed by atoms with Gasteiger partial charge in [0.25, 0.3) is 5.91 Å². The molecule has 0 radical (unpaired) electrons. The summed E-state index contributed by atoms with van der Waals surface area (Å²) in [7, 11) is 0. The number of benzene rings is 2. The molecule has 0 aliphatic rings. The highest BCUT2D eigenvalue weighted by Crippen LogP contribution is 2.19. The lowest BCUT2D eigenvalue weighted by molar-refractivity contribution is -0.114. The van der Waals surface area contributed by atoms with Gasteiger partial charge in [0.15, 0.2) is 0 Å². The van der Waals surface area contributed by atoms with Crippen LogP contribution in [-0.2, 0) is 11.3 Å². The maximum absolute atomic E-state index is 12.8. The first kappa shape index (κ1) is 17.1. The average molecular weight is 348 g/mol. The monoisotopic (exact) mass is 348 g/mol. The van der Waals surface area contributed by atoms with E-state index in [1.807, 2.05) is 73.8 Å². The van der Waals surface area contributed by atoms with Crippen molar-refractivity contribution < 1.29 is 4.79 Å². The van der Waals surface area contributed by atoms with Gasteiger partial charge in [0.05, 0.1) is 17.2 Å². The first-order chi connectivity index (χ1) is 12.1. The first-order valence-corrected chi connectivity index (χ1v) is 9.02. The van der Waals surface area contributed by atoms with E-state index in [-0.39, 0.29) is 5.91 Å². The van der Waals surface area contributed by atoms with Gasteiger partial charge in [0.2, 0.25) is 0 Å². The van der Waals surface area contributed by atoms with Gasteiger partial charge in [-0.3, -0.25) is 4.79 Å². The fraction of sp³-hybridized carbons (Fsp3) is 0.143. The second-order valence-electron chi connectivity index (χ2n) is 5.87. The third-order valence-corrected chi connectivity index (χ3v) is 4.62. The smallest absolute Gasteiger partial charge is 0.251 e. The summed E-state index contributed by atoms with van der Waals surface area (Å²) >= 11 is 1.58. The van der Waals surface area contributed by atoms with Gasteiger partial charge < -0.3 is 4.90 Å². The van der Waals surface area contributed by atoms with Crippen LogP contribution in [0.4, 0.5) is 5.69 Å². The van der Waals surface area contributed by atoms with Crippen LogP contribution in [0.5, 0.6) is 0 Å². The van der Waals surface area contributed by atoms with Crippen LogP contribution < -0.4 is 4.90 Å². The lowest BCUT2D eigenvalue weighted by atomic mass is 10.1. The lowest BCUT2D eigenvalue weighted by Gasteiger charge is -2.22. The van der Waals surface area contributed by atoms with E-state index < -0.39 is 0 Å². The van der Waals surface area contributed by atoms with E-state index in [9.17, 15) is 4.79 Å². The maximum Gasteiger partial charge on any atom is 0.251 e. The normalized spacial score (nSPS) is 11.0. The van der Waals surface area contributed by atoms with Gasteiger partial charge in [-0.15, -0.1) is 11.3 Å². The number of aromatic nitrogens is 1. The van der Waals surface area contributed by atoms with Crippen LogP contribution in [-0.4, -0.2) is 10.9 Å². The summed E-state index contributed by atoms with van der Waals surface area (Å²) in [5.41, 5.74) is 3.97. The molecule has 3 aromatic rings. The van der Waals surface area contributed by atoms with Crippen molar-refractivity contribution in [3.05, 3.63) is 87.9 Å². The molecule has 4 heteroatoms. The third kappa shape index (κ3) is 4.64. The van der Waals surface area contributed by atoms with Crippen LogP contribution in [0.1, 0.15) is 21.8 Å². The van der Waals surface area contributed by atoms with Crippen LogP contribution >= 0.6 is 11.3 Å². The second kappa shape index (κ2) is 7.90. The molecule has 0 spiro atoms. The van der Waals surface area contributed by atoms with E-state index in [0.29, 0.717) is 6.54 Å². The van der Waals surface area contributed by atoms with Crippen molar-refractivity contribution in [2.45, 2.75) is 20.4 Å². The minimum atomic E-state index is -0.0571. The standard InChI is InChI=1S/C21H20N2OS/c1-16-8-11-20(12-9-16)23(14-18-6-4-3-5-7-18)21(24)13-10-19-15-25-17(2)22-19/h3-13,15H,14H2,1-2H3/b13-10+. The number of hydrogen-bond acceptors (Lipinski definition) is 3. The third-order valence-electron chi connectivity index (χ3n) is 3.83. The quantitative estimate of drug-likeness (QED) is 0.608. The second-order valence-corrected chi connectivity index (χ2v) is 6.93. The summed E-state index contributed by atoms with van der Waals surface area (Å²) in [5.74, 6) is -0.0571. The van der Waals surface area contributed by atoms with Crippen LogP contribution in [0.3, 0.4) is 0 Å². The molecule has 0 atom stereocenters. The zero-order valence-corrected chi connectivity index (χ0v) is 15.2. The lowest BCUT2D eigenvalue weighted by Crippen LogP contribution is -2.28. The molecule has 2 aromatic carbocycles. The Bertz CT molecular complexity index is 866. The predicted molar refractivity (Wildman–Crippen MR) is 105 cm³/mol. The molecule has 0 fully saturated rings. The zero-order chi connectivity index (χ0) is 17.6.